The van der Waals surface area contributed by atoms with Gasteiger partial charge in [0.2, 0.25) is 0 Å². The van der Waals surface area contributed by atoms with Gasteiger partial charge in [0.15, 0.2) is 17.7 Å². The first-order valence-corrected chi connectivity index (χ1v) is 5.63. The Bertz CT molecular complexity index is 488. The summed E-state index contributed by atoms with van der Waals surface area (Å²) in [6.07, 6.45) is 0.130. The average molecular weight is 239 g/mol. The second-order valence-corrected chi connectivity index (χ2v) is 5.18. The van der Waals surface area contributed by atoms with Crippen LogP contribution in [0.25, 0.3) is 0 Å². The van der Waals surface area contributed by atoms with Gasteiger partial charge in [0.05, 0.1) is 18.4 Å². The van der Waals surface area contributed by atoms with Gasteiger partial charge in [-0.1, -0.05) is 5.21 Å². The summed E-state index contributed by atoms with van der Waals surface area (Å²) in [6, 6.07) is 0. The van der Waals surface area contributed by atoms with Gasteiger partial charge in [-0.15, -0.1) is 5.10 Å². The van der Waals surface area contributed by atoms with Gasteiger partial charge in [-0.05, 0) is 13.8 Å². The predicted molar refractivity (Wildman–Crippen MR) is 52.6 cm³/mol. The van der Waals surface area contributed by atoms with Crippen LogP contribution in [-0.2, 0) is 26.4 Å². The van der Waals surface area contributed by atoms with Crippen LogP contribution in [0.4, 0.5) is 0 Å². The standard InChI is InChI=1S/C10H13N3O4/c1-9(2)16-7-8(17-9)15-6-4-13-5(3-11-12-13)10(6,7)14/h3,6-8,14H,4H2,1-2H3. The summed E-state index contributed by atoms with van der Waals surface area (Å²) in [6.45, 7) is 4.08. The van der Waals surface area contributed by atoms with Crippen LogP contribution in [0.1, 0.15) is 19.5 Å². The number of ether oxygens (including phenoxy) is 3. The molecule has 4 atom stereocenters. The average Bonchev–Trinajstić information content (AvgIpc) is 2.88. The van der Waals surface area contributed by atoms with Gasteiger partial charge in [0, 0.05) is 0 Å². The van der Waals surface area contributed by atoms with Crippen molar-refractivity contribution in [3.05, 3.63) is 11.9 Å². The summed E-state index contributed by atoms with van der Waals surface area (Å²) in [5.74, 6) is -0.739. The topological polar surface area (TPSA) is 78.6 Å². The minimum Gasteiger partial charge on any atom is -0.378 e. The van der Waals surface area contributed by atoms with Crippen LogP contribution in [-0.4, -0.2) is 44.4 Å². The zero-order valence-electron chi connectivity index (χ0n) is 9.53. The van der Waals surface area contributed by atoms with Gasteiger partial charge in [-0.3, -0.25) is 0 Å². The molecule has 0 saturated carbocycles. The first-order valence-electron chi connectivity index (χ1n) is 5.63. The third kappa shape index (κ3) is 1.05. The van der Waals surface area contributed by atoms with E-state index in [9.17, 15) is 5.11 Å². The number of aromatic nitrogens is 3. The van der Waals surface area contributed by atoms with Crippen LogP contribution in [0.5, 0.6) is 0 Å². The van der Waals surface area contributed by atoms with Crippen LogP contribution >= 0.6 is 0 Å². The third-order valence-corrected chi connectivity index (χ3v) is 3.65. The van der Waals surface area contributed by atoms with Crippen molar-refractivity contribution in [3.63, 3.8) is 0 Å². The maximum absolute atomic E-state index is 10.8. The molecule has 2 fully saturated rings. The molecule has 0 aliphatic carbocycles. The molecule has 0 spiro atoms. The molecule has 1 aromatic rings. The van der Waals surface area contributed by atoms with Crippen molar-refractivity contribution in [2.75, 3.05) is 0 Å². The van der Waals surface area contributed by atoms with Crippen molar-refractivity contribution in [2.45, 2.75) is 50.3 Å². The smallest absolute Gasteiger partial charge is 0.191 e. The lowest BCUT2D eigenvalue weighted by Gasteiger charge is -2.27. The van der Waals surface area contributed by atoms with Gasteiger partial charge < -0.3 is 19.3 Å². The van der Waals surface area contributed by atoms with Gasteiger partial charge in [-0.2, -0.15) is 0 Å². The molecule has 0 radical (unpaired) electrons. The molecule has 17 heavy (non-hydrogen) atoms. The summed E-state index contributed by atoms with van der Waals surface area (Å²) in [5.41, 5.74) is -0.571. The fourth-order valence-corrected chi connectivity index (χ4v) is 2.93. The van der Waals surface area contributed by atoms with Gasteiger partial charge in [0.1, 0.15) is 12.2 Å². The Morgan fingerprint density at radius 2 is 2.29 bits per heavy atom. The molecule has 0 bridgehead atoms. The molecular formula is C10H13N3O4. The number of nitrogens with zero attached hydrogens (tertiary/aromatic N) is 3. The van der Waals surface area contributed by atoms with Crippen LogP contribution in [0.15, 0.2) is 6.20 Å². The molecule has 1 aromatic heterocycles. The first kappa shape index (κ1) is 9.95. The minimum absolute atomic E-state index is 0.376. The highest BCUT2D eigenvalue weighted by molar-refractivity contribution is 5.23. The SMILES string of the molecule is CC1(C)OC2OC3Cn4nncc4C3(O)C2O1. The number of hydrogen-bond donors (Lipinski definition) is 1. The van der Waals surface area contributed by atoms with Crippen molar-refractivity contribution in [1.82, 2.24) is 15.0 Å². The Balaban J connectivity index is 1.80. The lowest BCUT2D eigenvalue weighted by atomic mass is 9.92. The Labute approximate surface area is 97.3 Å². The van der Waals surface area contributed by atoms with E-state index in [1.54, 1.807) is 24.7 Å². The van der Waals surface area contributed by atoms with Crippen LogP contribution in [0.3, 0.4) is 0 Å². The molecule has 3 aliphatic heterocycles. The lowest BCUT2D eigenvalue weighted by Crippen LogP contribution is -2.43. The van der Waals surface area contributed by atoms with E-state index in [1.807, 2.05) is 0 Å². The van der Waals surface area contributed by atoms with Crippen LogP contribution in [0, 0.1) is 0 Å². The molecule has 92 valence electrons. The molecule has 0 aromatic carbocycles. The Hall–Kier alpha value is -1.02. The summed E-state index contributed by atoms with van der Waals surface area (Å²) < 4.78 is 18.7. The Kier molecular flexibility index (Phi) is 1.58. The van der Waals surface area contributed by atoms with Crippen molar-refractivity contribution >= 4 is 0 Å². The van der Waals surface area contributed by atoms with Crippen LogP contribution < -0.4 is 0 Å². The van der Waals surface area contributed by atoms with Gasteiger partial charge in [-0.25, -0.2) is 4.68 Å². The van der Waals surface area contributed by atoms with Gasteiger partial charge >= 0.3 is 0 Å². The van der Waals surface area contributed by atoms with E-state index in [-0.39, 0.29) is 6.10 Å². The molecule has 0 amide bonds. The molecule has 2 saturated heterocycles. The Morgan fingerprint density at radius 1 is 1.47 bits per heavy atom. The molecule has 4 unspecified atom stereocenters. The summed E-state index contributed by atoms with van der Waals surface area (Å²) in [5, 5.41) is 18.5. The number of aliphatic hydroxyl groups is 1. The summed E-state index contributed by atoms with van der Waals surface area (Å²) in [4.78, 5) is 0. The van der Waals surface area contributed by atoms with Crippen molar-refractivity contribution in [1.29, 1.82) is 0 Å². The highest BCUT2D eigenvalue weighted by Crippen LogP contribution is 2.50. The normalized spacial score (nSPS) is 45.7. The van der Waals surface area contributed by atoms with Crippen LogP contribution in [0.2, 0.25) is 0 Å². The second kappa shape index (κ2) is 2.69. The van der Waals surface area contributed by atoms with Crippen molar-refractivity contribution in [2.24, 2.45) is 0 Å². The highest BCUT2D eigenvalue weighted by Gasteiger charge is 2.67. The first-order chi connectivity index (χ1) is 8.01. The number of fused-ring (bicyclic) bond motifs is 5. The quantitative estimate of drug-likeness (QED) is 0.648. The zero-order chi connectivity index (χ0) is 11.8. The largest absolute Gasteiger partial charge is 0.378 e. The predicted octanol–water partition coefficient (Wildman–Crippen LogP) is -0.644. The fourth-order valence-electron chi connectivity index (χ4n) is 2.93. The molecular weight excluding hydrogens is 226 g/mol. The molecule has 4 heterocycles. The molecule has 1 N–H and O–H groups in total. The second-order valence-electron chi connectivity index (χ2n) is 5.18. The molecule has 7 heteroatoms. The molecule has 3 aliphatic rings. The van der Waals surface area contributed by atoms with E-state index in [0.29, 0.717) is 12.2 Å². The van der Waals surface area contributed by atoms with Crippen molar-refractivity contribution < 1.29 is 19.3 Å². The monoisotopic (exact) mass is 239 g/mol. The summed E-state index contributed by atoms with van der Waals surface area (Å²) >= 11 is 0. The zero-order valence-corrected chi connectivity index (χ0v) is 9.53. The number of rotatable bonds is 0. The summed E-state index contributed by atoms with van der Waals surface area (Å²) in [7, 11) is 0. The maximum Gasteiger partial charge on any atom is 0.191 e. The van der Waals surface area contributed by atoms with Crippen molar-refractivity contribution in [3.8, 4) is 0 Å². The fraction of sp³-hybridized carbons (Fsp3) is 0.800. The minimum atomic E-state index is -1.21. The number of hydrogen-bond acceptors (Lipinski definition) is 6. The Morgan fingerprint density at radius 3 is 3.12 bits per heavy atom. The van der Waals surface area contributed by atoms with E-state index in [2.05, 4.69) is 10.3 Å². The molecule has 4 rings (SSSR count). The molecule has 7 nitrogen and oxygen atoms in total. The van der Waals surface area contributed by atoms with E-state index in [0.717, 1.165) is 0 Å². The van der Waals surface area contributed by atoms with E-state index in [4.69, 9.17) is 14.2 Å². The lowest BCUT2D eigenvalue weighted by molar-refractivity contribution is -0.228. The third-order valence-electron chi connectivity index (χ3n) is 3.65. The van der Waals surface area contributed by atoms with Gasteiger partial charge in [0.25, 0.3) is 0 Å². The maximum atomic E-state index is 10.8. The van der Waals surface area contributed by atoms with E-state index in [1.165, 1.54) is 0 Å². The highest BCUT2D eigenvalue weighted by atomic mass is 16.8. The van der Waals surface area contributed by atoms with E-state index < -0.39 is 23.8 Å². The van der Waals surface area contributed by atoms with E-state index >= 15 is 0 Å².